The number of fused-ring (bicyclic) bond motifs is 1. The van der Waals surface area contributed by atoms with E-state index in [4.69, 9.17) is 42.6 Å². The summed E-state index contributed by atoms with van der Waals surface area (Å²) in [5.74, 6) is 0.263. The van der Waals surface area contributed by atoms with E-state index in [1.807, 2.05) is 135 Å². The van der Waals surface area contributed by atoms with Crippen LogP contribution < -0.4 is 0 Å². The molecule has 3 aliphatic heterocycles. The summed E-state index contributed by atoms with van der Waals surface area (Å²) in [6, 6.07) is 39.7. The molecule has 3 aliphatic rings. The molecule has 11 heteroatoms. The Bertz CT molecular complexity index is 1730. The van der Waals surface area contributed by atoms with Crippen molar-refractivity contribution in [3.63, 3.8) is 0 Å². The highest BCUT2D eigenvalue weighted by molar-refractivity contribution is 7.99. The topological polar surface area (TPSA) is 100 Å². The molecule has 0 spiro atoms. The number of carbonyl (C=O) groups is 1. The number of hydrogen-bond acceptors (Lipinski definition) is 11. The summed E-state index contributed by atoms with van der Waals surface area (Å²) in [6.45, 7) is 6.57. The number of ether oxygens (including phenoxy) is 9. The Kier molecular flexibility index (Phi) is 14.0. The zero-order valence-electron chi connectivity index (χ0n) is 31.4. The highest BCUT2D eigenvalue weighted by Crippen LogP contribution is 2.41. The van der Waals surface area contributed by atoms with Crippen LogP contribution in [0.3, 0.4) is 0 Å². The van der Waals surface area contributed by atoms with Crippen LogP contribution in [0, 0.1) is 0 Å². The summed E-state index contributed by atoms with van der Waals surface area (Å²) in [6.07, 6.45) is -6.91. The largest absolute Gasteiger partial charge is 0.456 e. The summed E-state index contributed by atoms with van der Waals surface area (Å²) in [5.41, 5.74) is 3.32. The smallest absolute Gasteiger partial charge is 0.303 e. The van der Waals surface area contributed by atoms with E-state index in [1.165, 1.54) is 18.7 Å². The molecular weight excluding hydrogens is 721 g/mol. The SMILES string of the molecule is CCS[C@H]1O[C@@H]2CO[C@@H](c3ccccc3)O[C@H]2[C@H](O[C@@H]2O[C@@H](C)[C@@H](OCc3ccccc3)[C@@H](OCc3ccccc3)[C@@H]2OCc2ccccc2)[C@@H]1OC(C)=O. The number of esters is 1. The van der Waals surface area contributed by atoms with Crippen molar-refractivity contribution < 1.29 is 47.4 Å². The summed E-state index contributed by atoms with van der Waals surface area (Å²) < 4.78 is 59.6. The van der Waals surface area contributed by atoms with Crippen molar-refractivity contribution in [1.29, 1.82) is 0 Å². The second kappa shape index (κ2) is 19.5. The molecule has 0 N–H and O–H groups in total. The summed E-state index contributed by atoms with van der Waals surface area (Å²) in [7, 11) is 0. The molecule has 11 atom stereocenters. The minimum Gasteiger partial charge on any atom is -0.456 e. The molecule has 0 unspecified atom stereocenters. The zero-order valence-corrected chi connectivity index (χ0v) is 32.2. The molecule has 4 aromatic rings. The molecular formula is C44H50O10S. The first-order chi connectivity index (χ1) is 27.0. The van der Waals surface area contributed by atoms with Crippen LogP contribution in [0.25, 0.3) is 0 Å². The fourth-order valence-corrected chi connectivity index (χ4v) is 8.18. The van der Waals surface area contributed by atoms with Crippen molar-refractivity contribution in [2.75, 3.05) is 12.4 Å². The molecule has 3 saturated heterocycles. The Balaban J connectivity index is 1.23. The predicted molar refractivity (Wildman–Crippen MR) is 207 cm³/mol. The third-order valence-corrected chi connectivity index (χ3v) is 10.9. The van der Waals surface area contributed by atoms with Crippen LogP contribution in [0.5, 0.6) is 0 Å². The van der Waals surface area contributed by atoms with Crippen LogP contribution >= 0.6 is 11.8 Å². The fraction of sp³-hybridized carbons (Fsp3) is 0.432. The third-order valence-electron chi connectivity index (χ3n) is 9.86. The van der Waals surface area contributed by atoms with Gasteiger partial charge in [0.25, 0.3) is 0 Å². The van der Waals surface area contributed by atoms with Gasteiger partial charge in [0.1, 0.15) is 42.1 Å². The van der Waals surface area contributed by atoms with E-state index in [1.54, 1.807) is 0 Å². The van der Waals surface area contributed by atoms with Crippen LogP contribution in [-0.4, -0.2) is 78.9 Å². The Morgan fingerprint density at radius 3 is 1.73 bits per heavy atom. The molecule has 0 aliphatic carbocycles. The van der Waals surface area contributed by atoms with Gasteiger partial charge in [-0.15, -0.1) is 11.8 Å². The van der Waals surface area contributed by atoms with Crippen LogP contribution in [0.15, 0.2) is 121 Å². The Labute approximate surface area is 327 Å². The molecule has 0 aromatic heterocycles. The van der Waals surface area contributed by atoms with Crippen molar-refractivity contribution in [3.05, 3.63) is 144 Å². The van der Waals surface area contributed by atoms with E-state index < -0.39 is 72.8 Å². The predicted octanol–water partition coefficient (Wildman–Crippen LogP) is 7.40. The van der Waals surface area contributed by atoms with Gasteiger partial charge in [0.2, 0.25) is 0 Å². The van der Waals surface area contributed by atoms with Gasteiger partial charge in [0, 0.05) is 12.5 Å². The quantitative estimate of drug-likeness (QED) is 0.113. The van der Waals surface area contributed by atoms with E-state index in [-0.39, 0.29) is 13.2 Å². The van der Waals surface area contributed by atoms with Gasteiger partial charge in [0.05, 0.1) is 32.5 Å². The van der Waals surface area contributed by atoms with Crippen molar-refractivity contribution in [2.24, 2.45) is 0 Å². The van der Waals surface area contributed by atoms with Crippen molar-refractivity contribution in [3.8, 4) is 0 Å². The number of rotatable bonds is 15. The molecule has 4 aromatic carbocycles. The Morgan fingerprint density at radius 2 is 1.18 bits per heavy atom. The van der Waals surface area contributed by atoms with E-state index >= 15 is 0 Å². The normalized spacial score (nSPS) is 30.6. The van der Waals surface area contributed by atoms with Gasteiger partial charge < -0.3 is 42.6 Å². The first-order valence-electron chi connectivity index (χ1n) is 19.0. The lowest BCUT2D eigenvalue weighted by atomic mass is 9.96. The maximum absolute atomic E-state index is 12.7. The lowest BCUT2D eigenvalue weighted by Crippen LogP contribution is -2.66. The highest BCUT2D eigenvalue weighted by Gasteiger charge is 2.56. The maximum Gasteiger partial charge on any atom is 0.303 e. The summed E-state index contributed by atoms with van der Waals surface area (Å²) in [4.78, 5) is 12.7. The number of hydrogen-bond donors (Lipinski definition) is 0. The van der Waals surface area contributed by atoms with Crippen LogP contribution in [0.4, 0.5) is 0 Å². The molecule has 3 fully saturated rings. The molecule has 0 saturated carbocycles. The van der Waals surface area contributed by atoms with Crippen LogP contribution in [0.2, 0.25) is 0 Å². The summed E-state index contributed by atoms with van der Waals surface area (Å²) >= 11 is 1.53. The summed E-state index contributed by atoms with van der Waals surface area (Å²) in [5, 5.41) is 0. The highest BCUT2D eigenvalue weighted by atomic mass is 32.2. The second-order valence-corrected chi connectivity index (χ2v) is 15.2. The van der Waals surface area contributed by atoms with Crippen molar-refractivity contribution in [1.82, 2.24) is 0 Å². The zero-order chi connectivity index (χ0) is 38.0. The van der Waals surface area contributed by atoms with Gasteiger partial charge in [0.15, 0.2) is 18.7 Å². The molecule has 3 heterocycles. The van der Waals surface area contributed by atoms with Gasteiger partial charge in [-0.25, -0.2) is 0 Å². The van der Waals surface area contributed by atoms with Gasteiger partial charge in [-0.3, -0.25) is 4.79 Å². The maximum atomic E-state index is 12.7. The van der Waals surface area contributed by atoms with Gasteiger partial charge in [-0.1, -0.05) is 128 Å². The number of carbonyl (C=O) groups excluding carboxylic acids is 1. The molecule has 0 bridgehead atoms. The average Bonchev–Trinajstić information content (AvgIpc) is 3.21. The molecule has 0 amide bonds. The van der Waals surface area contributed by atoms with E-state index in [9.17, 15) is 4.79 Å². The van der Waals surface area contributed by atoms with E-state index in [0.29, 0.717) is 13.2 Å². The van der Waals surface area contributed by atoms with Crippen molar-refractivity contribution >= 4 is 17.7 Å². The van der Waals surface area contributed by atoms with Crippen molar-refractivity contribution in [2.45, 2.75) is 107 Å². The molecule has 292 valence electrons. The first kappa shape index (κ1) is 39.6. The minimum atomic E-state index is -0.980. The minimum absolute atomic E-state index is 0.256. The monoisotopic (exact) mass is 770 g/mol. The Hall–Kier alpha value is -3.62. The van der Waals surface area contributed by atoms with Gasteiger partial charge in [-0.05, 0) is 29.4 Å². The molecule has 10 nitrogen and oxygen atoms in total. The standard InChI is InChI=1S/C44H50O10S/c1-4-55-44-41(51-30(3)45)39(37-35(52-44)28-49-42(53-37)34-23-15-8-16-24-34)54-43-40(48-27-33-21-13-7-14-22-33)38(47-26-32-19-11-6-12-20-32)36(29(2)50-43)46-25-31-17-9-5-10-18-31/h5-24,29,35-44H,4,25-28H2,1-3H3/t29-,35+,36+,37+,38+,39-,40-,41-,42+,43-,44+/m0/s1. The lowest BCUT2D eigenvalue weighted by molar-refractivity contribution is -0.372. The number of benzene rings is 4. The van der Waals surface area contributed by atoms with Gasteiger partial charge >= 0.3 is 5.97 Å². The van der Waals surface area contributed by atoms with Crippen LogP contribution in [-0.2, 0) is 67.2 Å². The third kappa shape index (κ3) is 10.2. The average molecular weight is 771 g/mol. The van der Waals surface area contributed by atoms with Gasteiger partial charge in [-0.2, -0.15) is 0 Å². The number of thioether (sulfide) groups is 1. The fourth-order valence-electron chi connectivity index (χ4n) is 7.23. The van der Waals surface area contributed by atoms with Crippen LogP contribution in [0.1, 0.15) is 49.3 Å². The molecule has 0 radical (unpaired) electrons. The second-order valence-electron chi connectivity index (χ2n) is 13.8. The van der Waals surface area contributed by atoms with E-state index in [0.717, 1.165) is 28.0 Å². The molecule has 55 heavy (non-hydrogen) atoms. The lowest BCUT2D eigenvalue weighted by Gasteiger charge is -2.51. The van der Waals surface area contributed by atoms with E-state index in [2.05, 4.69) is 0 Å². The first-order valence-corrected chi connectivity index (χ1v) is 20.1. The Morgan fingerprint density at radius 1 is 0.655 bits per heavy atom. The molecule has 7 rings (SSSR count).